The minimum absolute atomic E-state index is 0.160. The summed E-state index contributed by atoms with van der Waals surface area (Å²) in [5.74, 6) is 0.0955. The molecule has 4 nitrogen and oxygen atoms in total. The Morgan fingerprint density at radius 3 is 2.21 bits per heavy atom. The number of Topliss-reactive ketones (excluding diaryl/α,β-unsaturated/α-hetero) is 1. The van der Waals surface area contributed by atoms with Crippen LogP contribution in [0.1, 0.15) is 53.4 Å². The second-order valence-corrected chi connectivity index (χ2v) is 6.00. The molecular formula is C15H29NO3. The largest absolute Gasteiger partial charge is 0.464 e. The minimum atomic E-state index is -0.273. The van der Waals surface area contributed by atoms with E-state index >= 15 is 0 Å². The standard InChI is InChI=1S/C15H29NO3/c1-6-16(5)11-12-19-14(18)10-8-7-9-13(17)15(2,3)4/h6-12H2,1-5H3. The number of unbranched alkanes of at least 4 members (excludes halogenated alkanes) is 1. The molecule has 4 heteroatoms. The summed E-state index contributed by atoms with van der Waals surface area (Å²) in [5.41, 5.74) is -0.273. The average Bonchev–Trinajstić information content (AvgIpc) is 2.32. The van der Waals surface area contributed by atoms with Gasteiger partial charge in [-0.25, -0.2) is 0 Å². The summed E-state index contributed by atoms with van der Waals surface area (Å²) in [6.45, 7) is 10.0. The fourth-order valence-corrected chi connectivity index (χ4v) is 1.48. The Hall–Kier alpha value is -0.900. The monoisotopic (exact) mass is 271 g/mol. The van der Waals surface area contributed by atoms with E-state index in [2.05, 4.69) is 11.8 Å². The van der Waals surface area contributed by atoms with Crippen molar-refractivity contribution in [3.05, 3.63) is 0 Å². The van der Waals surface area contributed by atoms with Crippen LogP contribution >= 0.6 is 0 Å². The summed E-state index contributed by atoms with van der Waals surface area (Å²) in [6.07, 6.45) is 2.45. The van der Waals surface area contributed by atoms with Crippen LogP contribution in [-0.4, -0.2) is 43.4 Å². The van der Waals surface area contributed by atoms with Gasteiger partial charge in [-0.3, -0.25) is 9.59 Å². The van der Waals surface area contributed by atoms with Crippen LogP contribution in [0.3, 0.4) is 0 Å². The zero-order valence-corrected chi connectivity index (χ0v) is 13.1. The lowest BCUT2D eigenvalue weighted by atomic mass is 9.88. The lowest BCUT2D eigenvalue weighted by Crippen LogP contribution is -2.24. The number of hydrogen-bond donors (Lipinski definition) is 0. The van der Waals surface area contributed by atoms with Gasteiger partial charge in [0.05, 0.1) is 0 Å². The van der Waals surface area contributed by atoms with Crippen molar-refractivity contribution < 1.29 is 14.3 Å². The smallest absolute Gasteiger partial charge is 0.305 e. The quantitative estimate of drug-likeness (QED) is 0.478. The molecule has 0 aromatic heterocycles. The molecule has 0 aliphatic heterocycles. The van der Waals surface area contributed by atoms with Gasteiger partial charge in [-0.15, -0.1) is 0 Å². The zero-order chi connectivity index (χ0) is 14.9. The molecule has 0 aliphatic rings. The second kappa shape index (κ2) is 9.08. The first-order valence-electron chi connectivity index (χ1n) is 7.14. The van der Waals surface area contributed by atoms with E-state index in [9.17, 15) is 9.59 Å². The van der Waals surface area contributed by atoms with E-state index in [1.165, 1.54) is 0 Å². The number of hydrogen-bond acceptors (Lipinski definition) is 4. The van der Waals surface area contributed by atoms with Gasteiger partial charge in [0.25, 0.3) is 0 Å². The number of ether oxygens (including phenoxy) is 1. The number of esters is 1. The third-order valence-electron chi connectivity index (χ3n) is 3.15. The van der Waals surface area contributed by atoms with Gasteiger partial charge >= 0.3 is 5.97 Å². The molecule has 0 atom stereocenters. The third-order valence-corrected chi connectivity index (χ3v) is 3.15. The molecule has 0 aliphatic carbocycles. The van der Waals surface area contributed by atoms with Gasteiger partial charge in [-0.1, -0.05) is 27.7 Å². The predicted octanol–water partition coefficient (Wildman–Crippen LogP) is 2.66. The zero-order valence-electron chi connectivity index (χ0n) is 13.1. The van der Waals surface area contributed by atoms with Crippen LogP contribution in [0, 0.1) is 5.41 Å². The van der Waals surface area contributed by atoms with Crippen molar-refractivity contribution in [2.45, 2.75) is 53.4 Å². The lowest BCUT2D eigenvalue weighted by molar-refractivity contribution is -0.144. The van der Waals surface area contributed by atoms with Gasteiger partial charge in [0.1, 0.15) is 12.4 Å². The molecule has 0 aromatic carbocycles. The molecule has 0 aromatic rings. The van der Waals surface area contributed by atoms with Crippen molar-refractivity contribution in [3.63, 3.8) is 0 Å². The second-order valence-electron chi connectivity index (χ2n) is 6.00. The summed E-state index contributed by atoms with van der Waals surface area (Å²) in [4.78, 5) is 25.2. The molecule has 0 fully saturated rings. The molecule has 0 bridgehead atoms. The van der Waals surface area contributed by atoms with Crippen LogP contribution < -0.4 is 0 Å². The van der Waals surface area contributed by atoms with E-state index < -0.39 is 0 Å². The van der Waals surface area contributed by atoms with Crippen LogP contribution in [0.5, 0.6) is 0 Å². The molecule has 0 rings (SSSR count). The van der Waals surface area contributed by atoms with Crippen molar-refractivity contribution >= 4 is 11.8 Å². The van der Waals surface area contributed by atoms with Crippen molar-refractivity contribution in [1.29, 1.82) is 0 Å². The third kappa shape index (κ3) is 9.65. The first-order valence-corrected chi connectivity index (χ1v) is 7.14. The molecule has 19 heavy (non-hydrogen) atoms. The van der Waals surface area contributed by atoms with E-state index in [0.717, 1.165) is 25.9 Å². The molecule has 0 amide bonds. The molecule has 112 valence electrons. The Balaban J connectivity index is 3.57. The maximum atomic E-state index is 11.7. The number of carbonyl (C=O) groups is 2. The number of carbonyl (C=O) groups excluding carboxylic acids is 2. The van der Waals surface area contributed by atoms with E-state index in [1.54, 1.807) is 0 Å². The van der Waals surface area contributed by atoms with Crippen LogP contribution in [0.15, 0.2) is 0 Å². The maximum absolute atomic E-state index is 11.7. The van der Waals surface area contributed by atoms with Crippen LogP contribution in [0.2, 0.25) is 0 Å². The average molecular weight is 271 g/mol. The number of likely N-dealkylation sites (N-methyl/N-ethyl adjacent to an activating group) is 1. The number of rotatable bonds is 9. The summed E-state index contributed by atoms with van der Waals surface area (Å²) < 4.78 is 5.12. The molecule has 0 heterocycles. The summed E-state index contributed by atoms with van der Waals surface area (Å²) in [7, 11) is 1.99. The Labute approximate surface area is 117 Å². The summed E-state index contributed by atoms with van der Waals surface area (Å²) in [5, 5.41) is 0. The summed E-state index contributed by atoms with van der Waals surface area (Å²) in [6, 6.07) is 0. The topological polar surface area (TPSA) is 46.6 Å². The molecular weight excluding hydrogens is 242 g/mol. The van der Waals surface area contributed by atoms with Crippen molar-refractivity contribution in [1.82, 2.24) is 4.90 Å². The Morgan fingerprint density at radius 2 is 1.68 bits per heavy atom. The highest BCUT2D eigenvalue weighted by atomic mass is 16.5. The van der Waals surface area contributed by atoms with Crippen LogP contribution in [0.25, 0.3) is 0 Å². The molecule has 0 saturated heterocycles. The Kier molecular flexibility index (Phi) is 8.65. The van der Waals surface area contributed by atoms with Gasteiger partial charge < -0.3 is 9.64 Å². The van der Waals surface area contributed by atoms with E-state index in [4.69, 9.17) is 4.74 Å². The van der Waals surface area contributed by atoms with E-state index in [1.807, 2.05) is 27.8 Å². The van der Waals surface area contributed by atoms with Crippen molar-refractivity contribution in [3.8, 4) is 0 Å². The van der Waals surface area contributed by atoms with E-state index in [0.29, 0.717) is 19.4 Å². The first kappa shape index (κ1) is 18.1. The molecule has 0 unspecified atom stereocenters. The van der Waals surface area contributed by atoms with Crippen molar-refractivity contribution in [2.24, 2.45) is 5.41 Å². The van der Waals surface area contributed by atoms with Gasteiger partial charge in [0.15, 0.2) is 0 Å². The first-order chi connectivity index (χ1) is 8.77. The summed E-state index contributed by atoms with van der Waals surface area (Å²) >= 11 is 0. The number of ketones is 1. The van der Waals surface area contributed by atoms with Crippen LogP contribution in [0.4, 0.5) is 0 Å². The highest BCUT2D eigenvalue weighted by molar-refractivity contribution is 5.83. The van der Waals surface area contributed by atoms with Gasteiger partial charge in [-0.2, -0.15) is 0 Å². The highest BCUT2D eigenvalue weighted by Gasteiger charge is 2.20. The molecule has 0 spiro atoms. The van der Waals surface area contributed by atoms with Gasteiger partial charge in [-0.05, 0) is 26.4 Å². The normalized spacial score (nSPS) is 11.7. The number of nitrogens with zero attached hydrogens (tertiary/aromatic N) is 1. The molecule has 0 saturated carbocycles. The van der Waals surface area contributed by atoms with Gasteiger partial charge in [0.2, 0.25) is 0 Å². The lowest BCUT2D eigenvalue weighted by Gasteiger charge is -2.16. The highest BCUT2D eigenvalue weighted by Crippen LogP contribution is 2.18. The fraction of sp³-hybridized carbons (Fsp3) is 0.867. The van der Waals surface area contributed by atoms with E-state index in [-0.39, 0.29) is 17.2 Å². The SMILES string of the molecule is CCN(C)CCOC(=O)CCCCC(=O)C(C)(C)C. The van der Waals surface area contributed by atoms with Gasteiger partial charge in [0, 0.05) is 24.8 Å². The minimum Gasteiger partial charge on any atom is -0.464 e. The fourth-order valence-electron chi connectivity index (χ4n) is 1.48. The van der Waals surface area contributed by atoms with Crippen LogP contribution in [-0.2, 0) is 14.3 Å². The maximum Gasteiger partial charge on any atom is 0.305 e. The molecule has 0 radical (unpaired) electrons. The Bertz CT molecular complexity index is 282. The molecule has 0 N–H and O–H groups in total. The Morgan fingerprint density at radius 1 is 1.11 bits per heavy atom. The predicted molar refractivity (Wildman–Crippen MR) is 77.1 cm³/mol. The van der Waals surface area contributed by atoms with Crippen molar-refractivity contribution in [2.75, 3.05) is 26.7 Å².